The van der Waals surface area contributed by atoms with Crippen molar-refractivity contribution in [2.24, 2.45) is 0 Å². The van der Waals surface area contributed by atoms with Crippen molar-refractivity contribution in [3.63, 3.8) is 0 Å². The first-order valence-corrected chi connectivity index (χ1v) is 8.65. The molecule has 1 N–H and O–H groups in total. The quantitative estimate of drug-likeness (QED) is 0.826. The Kier molecular flexibility index (Phi) is 5.86. The zero-order valence-corrected chi connectivity index (χ0v) is 14.7. The van der Waals surface area contributed by atoms with Crippen LogP contribution in [0.1, 0.15) is 42.0 Å². The summed E-state index contributed by atoms with van der Waals surface area (Å²) in [6, 6.07) is 11.5. The van der Waals surface area contributed by atoms with Gasteiger partial charge in [-0.15, -0.1) is 11.3 Å². The molecule has 0 radical (unpaired) electrons. The highest BCUT2D eigenvalue weighted by Crippen LogP contribution is 2.26. The fraction of sp³-hybridized carbons (Fsp3) is 0.353. The lowest BCUT2D eigenvalue weighted by Gasteiger charge is -2.21. The van der Waals surface area contributed by atoms with Gasteiger partial charge in [-0.2, -0.15) is 0 Å². The Balaban J connectivity index is 2.03. The number of nitrogens with one attached hydrogen (secondary N) is 1. The summed E-state index contributed by atoms with van der Waals surface area (Å²) < 4.78 is 0.736. The molecular weight excluding hydrogens is 316 g/mol. The average molecular weight is 337 g/mol. The van der Waals surface area contributed by atoms with Gasteiger partial charge in [0.2, 0.25) is 0 Å². The first-order valence-electron chi connectivity index (χ1n) is 7.46. The maximum absolute atomic E-state index is 12.3. The van der Waals surface area contributed by atoms with Crippen molar-refractivity contribution in [2.75, 3.05) is 18.0 Å². The highest BCUT2D eigenvalue weighted by molar-refractivity contribution is 7.16. The van der Waals surface area contributed by atoms with E-state index in [1.807, 2.05) is 43.3 Å². The SMILES string of the molecule is CCN(CC)c1ccc(C(=O)NC(C)c2ccc(Cl)s2)cc1. The maximum Gasteiger partial charge on any atom is 0.251 e. The molecule has 5 heteroatoms. The Hall–Kier alpha value is -1.52. The molecule has 0 bridgehead atoms. The molecule has 0 aliphatic rings. The Morgan fingerprint density at radius 1 is 1.18 bits per heavy atom. The summed E-state index contributed by atoms with van der Waals surface area (Å²) in [5.74, 6) is -0.0666. The van der Waals surface area contributed by atoms with E-state index in [4.69, 9.17) is 11.6 Å². The summed E-state index contributed by atoms with van der Waals surface area (Å²) in [4.78, 5) is 15.6. The number of carbonyl (C=O) groups excluding carboxylic acids is 1. The van der Waals surface area contributed by atoms with Crippen LogP contribution in [-0.2, 0) is 0 Å². The van der Waals surface area contributed by atoms with Gasteiger partial charge in [-0.3, -0.25) is 4.79 Å². The van der Waals surface area contributed by atoms with Crippen LogP contribution in [0.5, 0.6) is 0 Å². The Morgan fingerprint density at radius 3 is 2.32 bits per heavy atom. The minimum Gasteiger partial charge on any atom is -0.372 e. The summed E-state index contributed by atoms with van der Waals surface area (Å²) >= 11 is 7.42. The van der Waals surface area contributed by atoms with Gasteiger partial charge in [0, 0.05) is 29.2 Å². The molecule has 2 aromatic rings. The highest BCUT2D eigenvalue weighted by atomic mass is 35.5. The monoisotopic (exact) mass is 336 g/mol. The predicted octanol–water partition coefficient (Wildman–Crippen LogP) is 4.74. The number of rotatable bonds is 6. The lowest BCUT2D eigenvalue weighted by atomic mass is 10.1. The molecule has 0 saturated heterocycles. The summed E-state index contributed by atoms with van der Waals surface area (Å²) in [5.41, 5.74) is 1.81. The van der Waals surface area contributed by atoms with Crippen LogP contribution in [0.3, 0.4) is 0 Å². The van der Waals surface area contributed by atoms with Gasteiger partial charge in [-0.1, -0.05) is 11.6 Å². The molecule has 118 valence electrons. The van der Waals surface area contributed by atoms with Crippen molar-refractivity contribution >= 4 is 34.5 Å². The molecule has 1 unspecified atom stereocenters. The number of hydrogen-bond donors (Lipinski definition) is 1. The summed E-state index contributed by atoms with van der Waals surface area (Å²) in [5, 5.41) is 3.00. The summed E-state index contributed by atoms with van der Waals surface area (Å²) in [6.45, 7) is 8.12. The first kappa shape index (κ1) is 16.8. The minimum absolute atomic E-state index is 0.0486. The average Bonchev–Trinajstić information content (AvgIpc) is 2.96. The van der Waals surface area contributed by atoms with Gasteiger partial charge in [0.15, 0.2) is 0 Å². The lowest BCUT2D eigenvalue weighted by molar-refractivity contribution is 0.0940. The van der Waals surface area contributed by atoms with Crippen molar-refractivity contribution in [1.82, 2.24) is 5.32 Å². The van der Waals surface area contributed by atoms with Crippen LogP contribution in [0.25, 0.3) is 0 Å². The molecule has 0 aliphatic carbocycles. The number of thiophene rings is 1. The van der Waals surface area contributed by atoms with Crippen molar-refractivity contribution in [2.45, 2.75) is 26.8 Å². The van der Waals surface area contributed by atoms with E-state index < -0.39 is 0 Å². The van der Waals surface area contributed by atoms with Crippen LogP contribution in [-0.4, -0.2) is 19.0 Å². The lowest BCUT2D eigenvalue weighted by Crippen LogP contribution is -2.26. The number of carbonyl (C=O) groups is 1. The Labute approximate surface area is 140 Å². The van der Waals surface area contributed by atoms with Crippen molar-refractivity contribution < 1.29 is 4.79 Å². The van der Waals surface area contributed by atoms with Crippen LogP contribution in [0, 0.1) is 0 Å². The van der Waals surface area contributed by atoms with Gasteiger partial charge in [-0.25, -0.2) is 0 Å². The smallest absolute Gasteiger partial charge is 0.251 e. The normalized spacial score (nSPS) is 12.0. The van der Waals surface area contributed by atoms with Gasteiger partial charge in [-0.05, 0) is 57.2 Å². The van der Waals surface area contributed by atoms with Crippen LogP contribution < -0.4 is 10.2 Å². The minimum atomic E-state index is -0.0666. The van der Waals surface area contributed by atoms with E-state index in [1.165, 1.54) is 11.3 Å². The second-order valence-electron chi connectivity index (χ2n) is 5.06. The van der Waals surface area contributed by atoms with Crippen molar-refractivity contribution in [3.8, 4) is 0 Å². The van der Waals surface area contributed by atoms with Crippen molar-refractivity contribution in [3.05, 3.63) is 51.2 Å². The number of nitrogens with zero attached hydrogens (tertiary/aromatic N) is 1. The summed E-state index contributed by atoms with van der Waals surface area (Å²) in [6.07, 6.45) is 0. The fourth-order valence-electron chi connectivity index (χ4n) is 2.32. The second-order valence-corrected chi connectivity index (χ2v) is 6.80. The number of hydrogen-bond acceptors (Lipinski definition) is 3. The number of amides is 1. The standard InChI is InChI=1S/C17H21ClN2OS/c1-4-20(5-2)14-8-6-13(7-9-14)17(21)19-12(3)15-10-11-16(18)22-15/h6-12H,4-5H2,1-3H3,(H,19,21). The molecule has 22 heavy (non-hydrogen) atoms. The van der Waals surface area contributed by atoms with Gasteiger partial charge in [0.05, 0.1) is 10.4 Å². The third-order valence-corrected chi connectivity index (χ3v) is 5.04. The molecule has 3 nitrogen and oxygen atoms in total. The topological polar surface area (TPSA) is 32.3 Å². The molecule has 0 aliphatic heterocycles. The molecule has 1 atom stereocenters. The predicted molar refractivity (Wildman–Crippen MR) is 95.2 cm³/mol. The Bertz CT molecular complexity index is 620. The van der Waals surface area contributed by atoms with Gasteiger partial charge in [0.1, 0.15) is 0 Å². The molecule has 2 rings (SSSR count). The summed E-state index contributed by atoms with van der Waals surface area (Å²) in [7, 11) is 0. The van der Waals surface area contributed by atoms with Crippen LogP contribution in [0.15, 0.2) is 36.4 Å². The number of benzene rings is 1. The largest absolute Gasteiger partial charge is 0.372 e. The first-order chi connectivity index (χ1) is 10.5. The molecule has 0 spiro atoms. The molecule has 1 aromatic heterocycles. The third kappa shape index (κ3) is 4.02. The van der Waals surface area contributed by atoms with Gasteiger partial charge >= 0.3 is 0 Å². The van der Waals surface area contributed by atoms with E-state index in [-0.39, 0.29) is 11.9 Å². The van der Waals surface area contributed by atoms with Crippen LogP contribution in [0.4, 0.5) is 5.69 Å². The number of anilines is 1. The van der Waals surface area contributed by atoms with E-state index in [0.717, 1.165) is 28.0 Å². The van der Waals surface area contributed by atoms with Gasteiger partial charge < -0.3 is 10.2 Å². The maximum atomic E-state index is 12.3. The highest BCUT2D eigenvalue weighted by Gasteiger charge is 2.13. The van der Waals surface area contributed by atoms with Gasteiger partial charge in [0.25, 0.3) is 5.91 Å². The van der Waals surface area contributed by atoms with E-state index in [0.29, 0.717) is 5.56 Å². The molecule has 1 amide bonds. The molecular formula is C17H21ClN2OS. The van der Waals surface area contributed by atoms with Crippen LogP contribution >= 0.6 is 22.9 Å². The van der Waals surface area contributed by atoms with Crippen molar-refractivity contribution in [1.29, 1.82) is 0 Å². The van der Waals surface area contributed by atoms with Crippen LogP contribution in [0.2, 0.25) is 4.34 Å². The molecule has 0 fully saturated rings. The molecule has 1 heterocycles. The molecule has 0 saturated carbocycles. The van der Waals surface area contributed by atoms with E-state index in [1.54, 1.807) is 0 Å². The Morgan fingerprint density at radius 2 is 1.82 bits per heavy atom. The third-order valence-electron chi connectivity index (χ3n) is 3.63. The fourth-order valence-corrected chi connectivity index (χ4v) is 3.39. The zero-order chi connectivity index (χ0) is 16.1. The molecule has 1 aromatic carbocycles. The van der Waals surface area contributed by atoms with E-state index in [9.17, 15) is 4.79 Å². The zero-order valence-electron chi connectivity index (χ0n) is 13.1. The van der Waals surface area contributed by atoms with E-state index >= 15 is 0 Å². The van der Waals surface area contributed by atoms with E-state index in [2.05, 4.69) is 24.1 Å². The second kappa shape index (κ2) is 7.65. The number of halogens is 1.